The molecule has 0 aliphatic carbocycles. The van der Waals surface area contributed by atoms with Crippen LogP contribution in [0.1, 0.15) is 12.0 Å². The Morgan fingerprint density at radius 1 is 1.17 bits per heavy atom. The maximum Gasteiger partial charge on any atom is 0.251 e. The zero-order chi connectivity index (χ0) is 21.1. The van der Waals surface area contributed by atoms with Gasteiger partial charge >= 0.3 is 0 Å². The molecular formula is C23H21N3O3S. The molecule has 0 aliphatic rings. The summed E-state index contributed by atoms with van der Waals surface area (Å²) in [6.07, 6.45) is 0.185. The monoisotopic (exact) mass is 419 g/mol. The van der Waals surface area contributed by atoms with Gasteiger partial charge in [0, 0.05) is 35.4 Å². The Bertz CT molecular complexity index is 1260. The highest BCUT2D eigenvalue weighted by Crippen LogP contribution is 2.26. The Hall–Kier alpha value is -3.45. The summed E-state index contributed by atoms with van der Waals surface area (Å²) in [5, 5.41) is 6.28. The molecule has 0 aliphatic heterocycles. The summed E-state index contributed by atoms with van der Waals surface area (Å²) < 4.78 is 6.81. The second-order valence-corrected chi connectivity index (χ2v) is 7.76. The van der Waals surface area contributed by atoms with Crippen molar-refractivity contribution in [3.05, 3.63) is 75.9 Å². The van der Waals surface area contributed by atoms with Gasteiger partial charge in [-0.15, -0.1) is 11.3 Å². The minimum absolute atomic E-state index is 0.102. The molecule has 0 spiro atoms. The summed E-state index contributed by atoms with van der Waals surface area (Å²) in [4.78, 5) is 29.4. The fraction of sp³-hybridized carbons (Fsp3) is 0.174. The van der Waals surface area contributed by atoms with Crippen LogP contribution in [0, 0.1) is 6.92 Å². The van der Waals surface area contributed by atoms with Crippen molar-refractivity contribution in [2.24, 2.45) is 0 Å². The SMILES string of the molecule is COc1ccc(-c2csc(NC(=O)CCn3c(=O)cc(C)c4ccccc43)n2)cc1. The summed E-state index contributed by atoms with van der Waals surface area (Å²) in [7, 11) is 1.62. The molecule has 0 saturated heterocycles. The predicted octanol–water partition coefficient (Wildman–Crippen LogP) is 4.47. The van der Waals surface area contributed by atoms with Gasteiger partial charge in [0.1, 0.15) is 5.75 Å². The Morgan fingerprint density at radius 2 is 1.93 bits per heavy atom. The van der Waals surface area contributed by atoms with E-state index in [1.54, 1.807) is 17.7 Å². The molecule has 0 atom stereocenters. The lowest BCUT2D eigenvalue weighted by Crippen LogP contribution is -2.23. The van der Waals surface area contributed by atoms with Crippen LogP contribution < -0.4 is 15.6 Å². The number of fused-ring (bicyclic) bond motifs is 1. The van der Waals surface area contributed by atoms with Crippen LogP contribution in [-0.2, 0) is 11.3 Å². The first-order valence-corrected chi connectivity index (χ1v) is 10.4. The second kappa shape index (κ2) is 8.51. The number of benzene rings is 2. The van der Waals surface area contributed by atoms with E-state index in [-0.39, 0.29) is 17.9 Å². The lowest BCUT2D eigenvalue weighted by Gasteiger charge is -2.11. The van der Waals surface area contributed by atoms with E-state index in [1.165, 1.54) is 11.3 Å². The van der Waals surface area contributed by atoms with E-state index in [4.69, 9.17) is 4.74 Å². The molecule has 0 radical (unpaired) electrons. The average Bonchev–Trinajstić information content (AvgIpc) is 3.22. The maximum atomic E-state index is 12.5. The molecule has 4 rings (SSSR count). The number of hydrogen-bond acceptors (Lipinski definition) is 5. The highest BCUT2D eigenvalue weighted by molar-refractivity contribution is 7.14. The molecule has 0 saturated carbocycles. The first-order valence-electron chi connectivity index (χ1n) is 9.54. The highest BCUT2D eigenvalue weighted by atomic mass is 32.1. The predicted molar refractivity (Wildman–Crippen MR) is 120 cm³/mol. The van der Waals surface area contributed by atoms with E-state index >= 15 is 0 Å². The smallest absolute Gasteiger partial charge is 0.251 e. The lowest BCUT2D eigenvalue weighted by atomic mass is 10.1. The van der Waals surface area contributed by atoms with Crippen LogP contribution in [0.5, 0.6) is 5.75 Å². The van der Waals surface area contributed by atoms with Crippen LogP contribution in [0.4, 0.5) is 5.13 Å². The van der Waals surface area contributed by atoms with Gasteiger partial charge in [0.2, 0.25) is 5.91 Å². The van der Waals surface area contributed by atoms with Crippen molar-refractivity contribution >= 4 is 33.3 Å². The number of anilines is 1. The third-order valence-electron chi connectivity index (χ3n) is 4.92. The summed E-state index contributed by atoms with van der Waals surface area (Å²) in [6.45, 7) is 2.23. The quantitative estimate of drug-likeness (QED) is 0.500. The Morgan fingerprint density at radius 3 is 2.70 bits per heavy atom. The molecule has 2 aromatic carbocycles. The van der Waals surface area contributed by atoms with Gasteiger partial charge in [-0.2, -0.15) is 0 Å². The number of nitrogens with one attached hydrogen (secondary N) is 1. The third-order valence-corrected chi connectivity index (χ3v) is 5.68. The molecule has 7 heteroatoms. The van der Waals surface area contributed by atoms with Crippen LogP contribution >= 0.6 is 11.3 Å². The number of aromatic nitrogens is 2. The van der Waals surface area contributed by atoms with E-state index < -0.39 is 0 Å². The average molecular weight is 420 g/mol. The van der Waals surface area contributed by atoms with E-state index in [9.17, 15) is 9.59 Å². The van der Waals surface area contributed by atoms with Crippen molar-refractivity contribution in [3.8, 4) is 17.0 Å². The van der Waals surface area contributed by atoms with E-state index in [1.807, 2.05) is 60.8 Å². The van der Waals surface area contributed by atoms with Crippen molar-refractivity contribution in [2.75, 3.05) is 12.4 Å². The first-order chi connectivity index (χ1) is 14.5. The number of carbonyl (C=O) groups excluding carboxylic acids is 1. The number of amides is 1. The Kier molecular flexibility index (Phi) is 5.63. The first kappa shape index (κ1) is 19.8. The highest BCUT2D eigenvalue weighted by Gasteiger charge is 2.11. The van der Waals surface area contributed by atoms with Crippen LogP contribution in [0.25, 0.3) is 22.2 Å². The summed E-state index contributed by atoms with van der Waals surface area (Å²) in [6, 6.07) is 16.9. The molecular weight excluding hydrogens is 398 g/mol. The minimum Gasteiger partial charge on any atom is -0.497 e. The molecule has 30 heavy (non-hydrogen) atoms. The van der Waals surface area contributed by atoms with Gasteiger partial charge in [0.25, 0.3) is 5.56 Å². The van der Waals surface area contributed by atoms with Gasteiger partial charge in [-0.1, -0.05) is 18.2 Å². The number of para-hydroxylation sites is 1. The van der Waals surface area contributed by atoms with Crippen LogP contribution in [0.15, 0.2) is 64.8 Å². The standard InChI is InChI=1S/C23H21N3O3S/c1-15-13-22(28)26(20-6-4-3-5-18(15)20)12-11-21(27)25-23-24-19(14-30-23)16-7-9-17(29-2)10-8-16/h3-10,13-14H,11-12H2,1-2H3,(H,24,25,27). The number of nitrogens with zero attached hydrogens (tertiary/aromatic N) is 2. The third kappa shape index (κ3) is 4.11. The fourth-order valence-corrected chi connectivity index (χ4v) is 4.09. The van der Waals surface area contributed by atoms with Gasteiger partial charge < -0.3 is 14.6 Å². The van der Waals surface area contributed by atoms with Crippen LogP contribution in [-0.4, -0.2) is 22.6 Å². The Balaban J connectivity index is 1.44. The zero-order valence-electron chi connectivity index (χ0n) is 16.7. The minimum atomic E-state index is -0.179. The van der Waals surface area contributed by atoms with Gasteiger partial charge in [0.15, 0.2) is 5.13 Å². The molecule has 1 amide bonds. The van der Waals surface area contributed by atoms with Crippen molar-refractivity contribution in [1.29, 1.82) is 0 Å². The summed E-state index contributed by atoms with van der Waals surface area (Å²) in [5.74, 6) is 0.601. The number of ether oxygens (including phenoxy) is 1. The largest absolute Gasteiger partial charge is 0.497 e. The lowest BCUT2D eigenvalue weighted by molar-refractivity contribution is -0.116. The van der Waals surface area contributed by atoms with Crippen molar-refractivity contribution in [3.63, 3.8) is 0 Å². The molecule has 2 aromatic heterocycles. The Labute approximate surface area is 177 Å². The number of carbonyl (C=O) groups is 1. The summed E-state index contributed by atoms with van der Waals surface area (Å²) in [5.41, 5.74) is 3.41. The van der Waals surface area contributed by atoms with Crippen molar-refractivity contribution in [1.82, 2.24) is 9.55 Å². The van der Waals surface area contributed by atoms with E-state index in [2.05, 4.69) is 10.3 Å². The second-order valence-electron chi connectivity index (χ2n) is 6.90. The van der Waals surface area contributed by atoms with E-state index in [0.717, 1.165) is 33.5 Å². The summed E-state index contributed by atoms with van der Waals surface area (Å²) >= 11 is 1.37. The topological polar surface area (TPSA) is 73.2 Å². The molecule has 0 unspecified atom stereocenters. The van der Waals surface area contributed by atoms with Crippen LogP contribution in [0.3, 0.4) is 0 Å². The molecule has 1 N–H and O–H groups in total. The fourth-order valence-electron chi connectivity index (χ4n) is 3.35. The zero-order valence-corrected chi connectivity index (χ0v) is 17.5. The van der Waals surface area contributed by atoms with Crippen molar-refractivity contribution < 1.29 is 9.53 Å². The molecule has 152 valence electrons. The number of aryl methyl sites for hydroxylation is 2. The van der Waals surface area contributed by atoms with Gasteiger partial charge in [-0.05, 0) is 42.8 Å². The molecule has 2 heterocycles. The number of thiazole rings is 1. The van der Waals surface area contributed by atoms with Gasteiger partial charge in [-0.3, -0.25) is 9.59 Å². The van der Waals surface area contributed by atoms with Gasteiger partial charge in [0.05, 0.1) is 18.3 Å². The van der Waals surface area contributed by atoms with E-state index in [0.29, 0.717) is 11.7 Å². The molecule has 4 aromatic rings. The number of methoxy groups -OCH3 is 1. The number of pyridine rings is 1. The molecule has 0 fully saturated rings. The number of hydrogen-bond donors (Lipinski definition) is 1. The van der Waals surface area contributed by atoms with Crippen molar-refractivity contribution in [2.45, 2.75) is 19.9 Å². The van der Waals surface area contributed by atoms with Crippen LogP contribution in [0.2, 0.25) is 0 Å². The molecule has 0 bridgehead atoms. The normalized spacial score (nSPS) is 10.9. The molecule has 6 nitrogen and oxygen atoms in total. The maximum absolute atomic E-state index is 12.5. The number of rotatable bonds is 6. The van der Waals surface area contributed by atoms with Gasteiger partial charge in [-0.25, -0.2) is 4.98 Å².